The van der Waals surface area contributed by atoms with Gasteiger partial charge in [-0.1, -0.05) is 35.5 Å². The molecule has 4 aromatic rings. The predicted molar refractivity (Wildman–Crippen MR) is 155 cm³/mol. The topological polar surface area (TPSA) is 175 Å². The van der Waals surface area contributed by atoms with Gasteiger partial charge in [0.25, 0.3) is 0 Å². The van der Waals surface area contributed by atoms with Gasteiger partial charge in [0.15, 0.2) is 5.69 Å². The van der Waals surface area contributed by atoms with Crippen LogP contribution in [-0.2, 0) is 32.2 Å². The van der Waals surface area contributed by atoms with Crippen LogP contribution in [0, 0.1) is 0 Å². The number of fused-ring (bicyclic) bond motifs is 1. The number of benzene rings is 2. The highest BCUT2D eigenvalue weighted by atomic mass is 16.5. The molecule has 226 valence electrons. The van der Waals surface area contributed by atoms with E-state index >= 15 is 0 Å². The Balaban J connectivity index is 1.45. The fourth-order valence-corrected chi connectivity index (χ4v) is 4.25. The second-order valence-corrected chi connectivity index (χ2v) is 9.59. The van der Waals surface area contributed by atoms with Crippen LogP contribution in [0.25, 0.3) is 16.7 Å². The summed E-state index contributed by atoms with van der Waals surface area (Å²) in [6.07, 6.45) is 1.45. The van der Waals surface area contributed by atoms with E-state index in [1.54, 1.807) is 24.3 Å². The van der Waals surface area contributed by atoms with Crippen LogP contribution in [0.15, 0.2) is 70.0 Å². The van der Waals surface area contributed by atoms with Gasteiger partial charge >= 0.3 is 5.63 Å². The summed E-state index contributed by atoms with van der Waals surface area (Å²) in [4.78, 5) is 53.3. The maximum Gasteiger partial charge on any atom is 0.362 e. The van der Waals surface area contributed by atoms with E-state index in [0.29, 0.717) is 23.3 Å². The van der Waals surface area contributed by atoms with E-state index in [-0.39, 0.29) is 50.1 Å². The highest BCUT2D eigenvalue weighted by molar-refractivity contribution is 5.88. The highest BCUT2D eigenvalue weighted by Gasteiger charge is 2.24. The number of hydrogen-bond acceptors (Lipinski definition) is 10. The van der Waals surface area contributed by atoms with Gasteiger partial charge in [-0.15, -0.1) is 5.10 Å². The molecule has 0 radical (unpaired) electrons. The van der Waals surface area contributed by atoms with Crippen LogP contribution in [-0.4, -0.2) is 89.5 Å². The lowest BCUT2D eigenvalue weighted by molar-refractivity contribution is -0.142. The van der Waals surface area contributed by atoms with Crippen molar-refractivity contribution in [3.05, 3.63) is 82.5 Å². The number of nitrogens with two attached hydrogens (primary N) is 1. The number of nitrogens with zero attached hydrogens (tertiary/aromatic N) is 5. The predicted octanol–water partition coefficient (Wildman–Crippen LogP) is 0.461. The van der Waals surface area contributed by atoms with Crippen LogP contribution in [0.1, 0.15) is 11.3 Å². The number of carbonyl (C=O) groups excluding carboxylic acids is 3. The lowest BCUT2D eigenvalue weighted by Crippen LogP contribution is -2.48. The number of rotatable bonds is 15. The van der Waals surface area contributed by atoms with Crippen LogP contribution >= 0.6 is 0 Å². The number of amides is 3. The van der Waals surface area contributed by atoms with Gasteiger partial charge in [0.05, 0.1) is 46.1 Å². The molecule has 0 atom stereocenters. The fraction of sp³-hybridized carbons (Fsp3) is 0.310. The van der Waals surface area contributed by atoms with Gasteiger partial charge in [0, 0.05) is 31.7 Å². The number of methoxy groups -OCH3 is 2. The number of hydrogen-bond donors (Lipinski definition) is 2. The van der Waals surface area contributed by atoms with Crippen molar-refractivity contribution in [3.63, 3.8) is 0 Å². The molecule has 3 N–H and O–H groups in total. The maximum absolute atomic E-state index is 13.3. The quantitative estimate of drug-likeness (QED) is 0.185. The first-order valence-corrected chi connectivity index (χ1v) is 13.4. The Morgan fingerprint density at radius 1 is 1.02 bits per heavy atom. The molecule has 2 heterocycles. The summed E-state index contributed by atoms with van der Waals surface area (Å²) in [5.74, 6) is -1.05. The highest BCUT2D eigenvalue weighted by Crippen LogP contribution is 2.21. The summed E-state index contributed by atoms with van der Waals surface area (Å²) in [5, 5.41) is 11.8. The zero-order chi connectivity index (χ0) is 30.8. The number of carbonyl (C=O) groups is 3. The number of ether oxygens (including phenoxy) is 2. The average molecular weight is 592 g/mol. The Hall–Kier alpha value is -5.08. The van der Waals surface area contributed by atoms with E-state index in [0.717, 1.165) is 5.56 Å². The molecule has 0 fully saturated rings. The second-order valence-electron chi connectivity index (χ2n) is 9.59. The minimum absolute atomic E-state index is 0.00282. The molecule has 14 heteroatoms. The van der Waals surface area contributed by atoms with Crippen molar-refractivity contribution in [1.82, 2.24) is 30.1 Å². The third-order valence-electron chi connectivity index (χ3n) is 6.46. The Morgan fingerprint density at radius 2 is 1.81 bits per heavy atom. The maximum atomic E-state index is 13.3. The molecule has 0 spiro atoms. The number of aromatic nitrogens is 3. The summed E-state index contributed by atoms with van der Waals surface area (Å²) in [5.41, 5.74) is 6.50. The number of primary amides is 1. The van der Waals surface area contributed by atoms with Gasteiger partial charge < -0.3 is 34.7 Å². The summed E-state index contributed by atoms with van der Waals surface area (Å²) in [6, 6.07) is 16.2. The Kier molecular flexibility index (Phi) is 10.6. The van der Waals surface area contributed by atoms with Gasteiger partial charge in [-0.25, -0.2) is 9.48 Å². The molecule has 4 rings (SSSR count). The Morgan fingerprint density at radius 3 is 2.53 bits per heavy atom. The van der Waals surface area contributed by atoms with E-state index in [1.165, 1.54) is 34.9 Å². The molecule has 0 unspecified atom stereocenters. The first-order valence-electron chi connectivity index (χ1n) is 13.4. The fourth-order valence-electron chi connectivity index (χ4n) is 4.25. The van der Waals surface area contributed by atoms with E-state index in [1.807, 2.05) is 30.3 Å². The normalized spacial score (nSPS) is 10.9. The summed E-state index contributed by atoms with van der Waals surface area (Å²) in [7, 11) is 3.00. The smallest absolute Gasteiger partial charge is 0.362 e. The van der Waals surface area contributed by atoms with Crippen molar-refractivity contribution >= 4 is 28.7 Å². The van der Waals surface area contributed by atoms with Crippen molar-refractivity contribution < 1.29 is 28.3 Å². The Bertz CT molecular complexity index is 1620. The minimum Gasteiger partial charge on any atom is -0.497 e. The van der Waals surface area contributed by atoms with Gasteiger partial charge in [0.2, 0.25) is 17.7 Å². The van der Waals surface area contributed by atoms with Crippen LogP contribution in [0.3, 0.4) is 0 Å². The van der Waals surface area contributed by atoms with Crippen LogP contribution in [0.4, 0.5) is 0 Å². The molecular weight excluding hydrogens is 558 g/mol. The first-order chi connectivity index (χ1) is 20.8. The zero-order valence-corrected chi connectivity index (χ0v) is 23.9. The van der Waals surface area contributed by atoms with Crippen LogP contribution in [0.2, 0.25) is 0 Å². The summed E-state index contributed by atoms with van der Waals surface area (Å²) >= 11 is 0. The summed E-state index contributed by atoms with van der Waals surface area (Å²) < 4.78 is 16.9. The molecule has 0 aliphatic heterocycles. The molecule has 3 amide bonds. The lowest BCUT2D eigenvalue weighted by atomic mass is 10.2. The Labute approximate surface area is 246 Å². The molecule has 0 bridgehead atoms. The average Bonchev–Trinajstić information content (AvgIpc) is 3.46. The van der Waals surface area contributed by atoms with Gasteiger partial charge in [-0.05, 0) is 23.8 Å². The van der Waals surface area contributed by atoms with E-state index in [2.05, 4.69) is 15.6 Å². The van der Waals surface area contributed by atoms with Gasteiger partial charge in [0.1, 0.15) is 17.0 Å². The van der Waals surface area contributed by atoms with Crippen molar-refractivity contribution in [2.24, 2.45) is 5.73 Å². The van der Waals surface area contributed by atoms with E-state index < -0.39 is 24.0 Å². The van der Waals surface area contributed by atoms with Gasteiger partial charge in [-0.3, -0.25) is 14.4 Å². The van der Waals surface area contributed by atoms with Crippen LogP contribution < -0.4 is 21.4 Å². The third kappa shape index (κ3) is 8.47. The van der Waals surface area contributed by atoms with E-state index in [9.17, 15) is 19.2 Å². The standard InChI is InChI=1S/C29H33N7O7/c1-41-11-10-34(27(38)15-31-14-20-6-4-3-5-7-20)19-28(39)35(18-26(30)37)16-22-17-36(33-32-22)24-12-21-8-9-23(42-2)13-25(21)43-29(24)40/h3-9,12-13,17,31H,10-11,14-16,18-19H2,1-2H3,(H2,30,37). The molecule has 14 nitrogen and oxygen atoms in total. The first kappa shape index (κ1) is 30.9. The zero-order valence-electron chi connectivity index (χ0n) is 23.9. The molecule has 43 heavy (non-hydrogen) atoms. The van der Waals surface area contributed by atoms with Crippen molar-refractivity contribution in [2.75, 3.05) is 47.0 Å². The third-order valence-corrected chi connectivity index (χ3v) is 6.46. The molecule has 0 aliphatic rings. The van der Waals surface area contributed by atoms with Crippen molar-refractivity contribution in [1.29, 1.82) is 0 Å². The largest absolute Gasteiger partial charge is 0.497 e. The second kappa shape index (κ2) is 14.7. The van der Waals surface area contributed by atoms with Crippen molar-refractivity contribution in [3.8, 4) is 11.4 Å². The van der Waals surface area contributed by atoms with Gasteiger partial charge in [-0.2, -0.15) is 0 Å². The van der Waals surface area contributed by atoms with Crippen molar-refractivity contribution in [2.45, 2.75) is 13.1 Å². The monoisotopic (exact) mass is 591 g/mol. The minimum atomic E-state index is -0.745. The molecule has 2 aromatic carbocycles. The molecule has 0 saturated carbocycles. The van der Waals surface area contributed by atoms with E-state index in [4.69, 9.17) is 19.6 Å². The number of nitrogens with one attached hydrogen (secondary N) is 1. The molecule has 0 aliphatic carbocycles. The van der Waals surface area contributed by atoms with Crippen LogP contribution in [0.5, 0.6) is 5.75 Å². The molecular formula is C29H33N7O7. The molecule has 0 saturated heterocycles. The lowest BCUT2D eigenvalue weighted by Gasteiger charge is -2.26. The summed E-state index contributed by atoms with van der Waals surface area (Å²) in [6.45, 7) is -0.0146. The molecule has 2 aromatic heterocycles. The SMILES string of the molecule is COCCN(CC(=O)N(CC(N)=O)Cc1cn(-c2cc3ccc(OC)cc3oc2=O)nn1)C(=O)CNCc1ccccc1.